The number of nitrogens with zero attached hydrogens (tertiary/aromatic N) is 1. The summed E-state index contributed by atoms with van der Waals surface area (Å²) in [5, 5.41) is 4.65. The van der Waals surface area contributed by atoms with Gasteiger partial charge in [-0.2, -0.15) is 0 Å². The van der Waals surface area contributed by atoms with Crippen LogP contribution < -0.4 is 5.32 Å². The topological polar surface area (TPSA) is 15.3 Å². The van der Waals surface area contributed by atoms with E-state index in [1.54, 1.807) is 0 Å². The lowest BCUT2D eigenvalue weighted by Crippen LogP contribution is -2.44. The minimum absolute atomic E-state index is 0.472. The highest BCUT2D eigenvalue weighted by atomic mass is 35.5. The second kappa shape index (κ2) is 6.69. The van der Waals surface area contributed by atoms with E-state index in [0.717, 1.165) is 11.6 Å². The van der Waals surface area contributed by atoms with Gasteiger partial charge in [0.2, 0.25) is 0 Å². The van der Waals surface area contributed by atoms with Crippen LogP contribution in [0.25, 0.3) is 0 Å². The Hall–Kier alpha value is -0.220. The Kier molecular flexibility index (Phi) is 4.92. The SMILES string of the molecule is CN1CCCCC1CNC1CCSc2ccc(Cl)cc21. The molecule has 0 aromatic heterocycles. The molecule has 3 rings (SSSR count). The Morgan fingerprint density at radius 3 is 3.10 bits per heavy atom. The molecule has 0 spiro atoms. The Labute approximate surface area is 131 Å². The summed E-state index contributed by atoms with van der Waals surface area (Å²) in [6.45, 7) is 2.34. The van der Waals surface area contributed by atoms with Crippen LogP contribution in [0.1, 0.15) is 37.3 Å². The van der Waals surface area contributed by atoms with Crippen molar-refractivity contribution in [2.75, 3.05) is 25.9 Å². The second-order valence-corrected chi connectivity index (χ2v) is 7.48. The number of thioether (sulfide) groups is 1. The second-order valence-electron chi connectivity index (χ2n) is 5.91. The Balaban J connectivity index is 1.65. The van der Waals surface area contributed by atoms with Crippen molar-refractivity contribution >= 4 is 23.4 Å². The quantitative estimate of drug-likeness (QED) is 0.910. The van der Waals surface area contributed by atoms with Crippen LogP contribution in [0.4, 0.5) is 0 Å². The molecule has 0 bridgehead atoms. The van der Waals surface area contributed by atoms with Crippen LogP contribution in [0.2, 0.25) is 5.02 Å². The van der Waals surface area contributed by atoms with Crippen molar-refractivity contribution in [1.29, 1.82) is 0 Å². The van der Waals surface area contributed by atoms with Crippen molar-refractivity contribution in [2.24, 2.45) is 0 Å². The van der Waals surface area contributed by atoms with Gasteiger partial charge in [0.05, 0.1) is 0 Å². The van der Waals surface area contributed by atoms with Crippen LogP contribution >= 0.6 is 23.4 Å². The monoisotopic (exact) mass is 310 g/mol. The molecule has 1 N–H and O–H groups in total. The van der Waals surface area contributed by atoms with Crippen LogP contribution in [0.3, 0.4) is 0 Å². The van der Waals surface area contributed by atoms with E-state index in [0.29, 0.717) is 12.1 Å². The van der Waals surface area contributed by atoms with Crippen molar-refractivity contribution in [3.63, 3.8) is 0 Å². The highest BCUT2D eigenvalue weighted by molar-refractivity contribution is 7.99. The van der Waals surface area contributed by atoms with E-state index >= 15 is 0 Å². The lowest BCUT2D eigenvalue weighted by molar-refractivity contribution is 0.177. The van der Waals surface area contributed by atoms with Gasteiger partial charge in [0.15, 0.2) is 0 Å². The lowest BCUT2D eigenvalue weighted by Gasteiger charge is -2.35. The summed E-state index contributed by atoms with van der Waals surface area (Å²) in [6, 6.07) is 7.49. The summed E-state index contributed by atoms with van der Waals surface area (Å²) in [4.78, 5) is 3.91. The van der Waals surface area contributed by atoms with Crippen molar-refractivity contribution in [3.8, 4) is 0 Å². The van der Waals surface area contributed by atoms with E-state index in [1.807, 2.05) is 17.8 Å². The molecule has 2 aliphatic rings. The maximum atomic E-state index is 6.17. The summed E-state index contributed by atoms with van der Waals surface area (Å²) in [7, 11) is 2.26. The van der Waals surface area contributed by atoms with Crippen molar-refractivity contribution < 1.29 is 0 Å². The predicted molar refractivity (Wildman–Crippen MR) is 87.8 cm³/mol. The van der Waals surface area contributed by atoms with E-state index in [-0.39, 0.29) is 0 Å². The van der Waals surface area contributed by atoms with Gasteiger partial charge in [-0.15, -0.1) is 11.8 Å². The van der Waals surface area contributed by atoms with Crippen LogP contribution in [0, 0.1) is 0 Å². The molecule has 2 unspecified atom stereocenters. The largest absolute Gasteiger partial charge is 0.308 e. The van der Waals surface area contributed by atoms with Gasteiger partial charge in [-0.3, -0.25) is 0 Å². The summed E-state index contributed by atoms with van der Waals surface area (Å²) in [5.41, 5.74) is 1.40. The molecule has 1 saturated heterocycles. The molecule has 2 nitrogen and oxygen atoms in total. The van der Waals surface area contributed by atoms with Gasteiger partial charge in [-0.25, -0.2) is 0 Å². The van der Waals surface area contributed by atoms with Crippen molar-refractivity contribution in [1.82, 2.24) is 10.2 Å². The van der Waals surface area contributed by atoms with Crippen LogP contribution in [0.15, 0.2) is 23.1 Å². The molecule has 0 radical (unpaired) electrons. The third-order valence-corrected chi connectivity index (χ3v) is 5.89. The molecule has 110 valence electrons. The molecule has 0 amide bonds. The zero-order valence-corrected chi connectivity index (χ0v) is 13.6. The number of nitrogens with one attached hydrogen (secondary N) is 1. The first-order chi connectivity index (χ1) is 9.74. The molecule has 0 saturated carbocycles. The van der Waals surface area contributed by atoms with Crippen LogP contribution in [-0.4, -0.2) is 36.8 Å². The van der Waals surface area contributed by atoms with Gasteiger partial charge < -0.3 is 10.2 Å². The zero-order valence-electron chi connectivity index (χ0n) is 12.1. The standard InChI is InChI=1S/C16H23ClN2S/c1-19-8-3-2-4-13(19)11-18-15-7-9-20-16-6-5-12(17)10-14(15)16/h5-6,10,13,15,18H,2-4,7-9,11H2,1H3. The maximum absolute atomic E-state index is 6.17. The zero-order chi connectivity index (χ0) is 13.9. The number of fused-ring (bicyclic) bond motifs is 1. The number of rotatable bonds is 3. The van der Waals surface area contributed by atoms with E-state index < -0.39 is 0 Å². The fourth-order valence-corrected chi connectivity index (χ4v) is 4.54. The summed E-state index contributed by atoms with van der Waals surface area (Å²) in [6.07, 6.45) is 5.26. The van der Waals surface area contributed by atoms with Crippen LogP contribution in [0.5, 0.6) is 0 Å². The number of likely N-dealkylation sites (tertiary alicyclic amines) is 1. The first kappa shape index (κ1) is 14.7. The van der Waals surface area contributed by atoms with Gasteiger partial charge in [0.1, 0.15) is 0 Å². The molecule has 1 aromatic carbocycles. The molecule has 4 heteroatoms. The highest BCUT2D eigenvalue weighted by Gasteiger charge is 2.24. The number of halogens is 1. The smallest absolute Gasteiger partial charge is 0.0410 e. The van der Waals surface area contributed by atoms with Crippen molar-refractivity contribution in [2.45, 2.75) is 42.7 Å². The summed E-state index contributed by atoms with van der Waals surface area (Å²) in [5.74, 6) is 1.20. The van der Waals surface area contributed by atoms with Gasteiger partial charge in [-0.1, -0.05) is 18.0 Å². The average molecular weight is 311 g/mol. The van der Waals surface area contributed by atoms with Crippen molar-refractivity contribution in [3.05, 3.63) is 28.8 Å². The predicted octanol–water partition coefficient (Wildman–Crippen LogP) is 3.95. The van der Waals surface area contributed by atoms with Gasteiger partial charge in [0, 0.05) is 28.5 Å². The molecule has 0 aliphatic carbocycles. The average Bonchev–Trinajstić information content (AvgIpc) is 2.46. The number of benzene rings is 1. The van der Waals surface area contributed by atoms with Crippen LogP contribution in [-0.2, 0) is 0 Å². The Morgan fingerprint density at radius 1 is 1.35 bits per heavy atom. The summed E-state index contributed by atoms with van der Waals surface area (Å²) < 4.78 is 0. The first-order valence-electron chi connectivity index (χ1n) is 7.60. The Bertz CT molecular complexity index is 466. The fourth-order valence-electron chi connectivity index (χ4n) is 3.26. The number of piperidine rings is 1. The molecule has 1 aromatic rings. The number of hydrogen-bond donors (Lipinski definition) is 1. The normalized spacial score (nSPS) is 27.3. The molecule has 2 heterocycles. The molecule has 2 aliphatic heterocycles. The minimum atomic E-state index is 0.472. The number of likely N-dealkylation sites (N-methyl/N-ethyl adjacent to an activating group) is 1. The molecular formula is C16H23ClN2S. The van der Waals surface area contributed by atoms with E-state index in [1.165, 1.54) is 48.4 Å². The van der Waals surface area contributed by atoms with E-state index in [4.69, 9.17) is 11.6 Å². The lowest BCUT2D eigenvalue weighted by atomic mass is 10.0. The summed E-state index contributed by atoms with van der Waals surface area (Å²) >= 11 is 8.12. The maximum Gasteiger partial charge on any atom is 0.0410 e. The van der Waals surface area contributed by atoms with E-state index in [9.17, 15) is 0 Å². The van der Waals surface area contributed by atoms with E-state index in [2.05, 4.69) is 29.4 Å². The molecular weight excluding hydrogens is 288 g/mol. The van der Waals surface area contributed by atoms with Gasteiger partial charge >= 0.3 is 0 Å². The Morgan fingerprint density at radius 2 is 2.25 bits per heavy atom. The molecule has 20 heavy (non-hydrogen) atoms. The van der Waals surface area contributed by atoms with Gasteiger partial charge in [-0.05, 0) is 62.4 Å². The molecule has 2 atom stereocenters. The highest BCUT2D eigenvalue weighted by Crippen LogP contribution is 2.37. The fraction of sp³-hybridized carbons (Fsp3) is 0.625. The van der Waals surface area contributed by atoms with Gasteiger partial charge in [0.25, 0.3) is 0 Å². The molecule has 1 fully saturated rings. The third kappa shape index (κ3) is 3.33. The first-order valence-corrected chi connectivity index (χ1v) is 8.96. The number of hydrogen-bond acceptors (Lipinski definition) is 3. The third-order valence-electron chi connectivity index (χ3n) is 4.53. The minimum Gasteiger partial charge on any atom is -0.308 e.